The highest BCUT2D eigenvalue weighted by Gasteiger charge is 2.41. The van der Waals surface area contributed by atoms with Crippen molar-refractivity contribution < 1.29 is 4.79 Å². The van der Waals surface area contributed by atoms with Gasteiger partial charge < -0.3 is 10.6 Å². The molecule has 0 aromatic carbocycles. The third-order valence-electron chi connectivity index (χ3n) is 5.43. The molecule has 0 saturated heterocycles. The first kappa shape index (κ1) is 19.0. The zero-order valence-corrected chi connectivity index (χ0v) is 15.9. The van der Waals surface area contributed by atoms with Crippen LogP contribution in [0.25, 0.3) is 0 Å². The van der Waals surface area contributed by atoms with Gasteiger partial charge in [-0.2, -0.15) is 0 Å². The molecular formula is C17H26Cl2N2OS. The number of carbonyl (C=O) groups is 1. The molecule has 2 aliphatic carbocycles. The van der Waals surface area contributed by atoms with Gasteiger partial charge in [-0.15, -0.1) is 23.7 Å². The minimum absolute atomic E-state index is 0. The van der Waals surface area contributed by atoms with Crippen molar-refractivity contribution in [2.75, 3.05) is 6.54 Å². The Hall–Kier alpha value is -0.290. The van der Waals surface area contributed by atoms with Crippen molar-refractivity contribution in [2.45, 2.75) is 51.6 Å². The van der Waals surface area contributed by atoms with Crippen LogP contribution in [0.1, 0.15) is 43.9 Å². The molecule has 1 aromatic heterocycles. The molecule has 2 unspecified atom stereocenters. The Balaban J connectivity index is 0.00000192. The summed E-state index contributed by atoms with van der Waals surface area (Å²) in [6, 6.07) is 4.25. The summed E-state index contributed by atoms with van der Waals surface area (Å²) >= 11 is 7.56. The molecule has 2 atom stereocenters. The molecule has 0 spiro atoms. The first-order valence-corrected chi connectivity index (χ1v) is 9.56. The molecule has 6 heteroatoms. The van der Waals surface area contributed by atoms with Crippen LogP contribution < -0.4 is 5.73 Å². The summed E-state index contributed by atoms with van der Waals surface area (Å²) in [4.78, 5) is 16.1. The summed E-state index contributed by atoms with van der Waals surface area (Å²) in [5.74, 6) is 1.59. The summed E-state index contributed by atoms with van der Waals surface area (Å²) in [7, 11) is 0. The molecule has 1 aromatic rings. The highest BCUT2D eigenvalue weighted by atomic mass is 35.5. The SMILES string of the molecule is CCN(Cc1ccc(Cl)s1)C(=O)C1CC2CCCC(C1)C2N.Cl. The molecule has 0 aliphatic heterocycles. The van der Waals surface area contributed by atoms with Crippen LogP contribution in [0.4, 0.5) is 0 Å². The van der Waals surface area contributed by atoms with Crippen molar-refractivity contribution in [1.82, 2.24) is 4.90 Å². The van der Waals surface area contributed by atoms with E-state index in [2.05, 4.69) is 6.92 Å². The van der Waals surface area contributed by atoms with Gasteiger partial charge in [0.05, 0.1) is 10.9 Å². The van der Waals surface area contributed by atoms with E-state index in [9.17, 15) is 4.79 Å². The molecule has 2 fully saturated rings. The summed E-state index contributed by atoms with van der Waals surface area (Å²) in [6.45, 7) is 3.50. The molecule has 2 N–H and O–H groups in total. The van der Waals surface area contributed by atoms with Gasteiger partial charge in [-0.05, 0) is 56.6 Å². The number of hydrogen-bond acceptors (Lipinski definition) is 3. The monoisotopic (exact) mass is 376 g/mol. The molecular weight excluding hydrogens is 351 g/mol. The van der Waals surface area contributed by atoms with Crippen LogP contribution in [0.3, 0.4) is 0 Å². The van der Waals surface area contributed by atoms with E-state index in [0.29, 0.717) is 30.3 Å². The lowest BCUT2D eigenvalue weighted by atomic mass is 9.65. The molecule has 2 aliphatic rings. The van der Waals surface area contributed by atoms with Crippen molar-refractivity contribution in [3.8, 4) is 0 Å². The number of carbonyl (C=O) groups excluding carboxylic acids is 1. The van der Waals surface area contributed by atoms with Crippen LogP contribution in [0.15, 0.2) is 12.1 Å². The maximum absolute atomic E-state index is 12.9. The Morgan fingerprint density at radius 1 is 1.35 bits per heavy atom. The van der Waals surface area contributed by atoms with Gasteiger partial charge in [0.15, 0.2) is 0 Å². The fourth-order valence-corrected chi connectivity index (χ4v) is 5.32. The van der Waals surface area contributed by atoms with Crippen LogP contribution in [-0.4, -0.2) is 23.4 Å². The maximum atomic E-state index is 12.9. The lowest BCUT2D eigenvalue weighted by Gasteiger charge is -2.44. The smallest absolute Gasteiger partial charge is 0.226 e. The standard InChI is InChI=1S/C17H25ClN2OS.ClH/c1-2-20(10-14-6-7-15(18)22-14)17(21)13-8-11-4-3-5-12(9-13)16(11)19;/h6-7,11-13,16H,2-5,8-10,19H2,1H3;1H. The Labute approximate surface area is 154 Å². The summed E-state index contributed by atoms with van der Waals surface area (Å²) in [6.07, 6.45) is 5.66. The van der Waals surface area contributed by atoms with Crippen LogP contribution >= 0.6 is 35.3 Å². The molecule has 130 valence electrons. The van der Waals surface area contributed by atoms with Gasteiger partial charge in [0, 0.05) is 23.4 Å². The van der Waals surface area contributed by atoms with Crippen LogP contribution in [-0.2, 0) is 11.3 Å². The average Bonchev–Trinajstić information content (AvgIpc) is 2.89. The first-order chi connectivity index (χ1) is 10.6. The predicted octanol–water partition coefficient (Wildman–Crippen LogP) is 4.33. The Morgan fingerprint density at radius 2 is 2.00 bits per heavy atom. The molecule has 1 amide bonds. The van der Waals surface area contributed by atoms with E-state index in [0.717, 1.165) is 28.6 Å². The van der Waals surface area contributed by atoms with Crippen molar-refractivity contribution >= 4 is 41.3 Å². The van der Waals surface area contributed by atoms with Gasteiger partial charge in [-0.3, -0.25) is 4.79 Å². The highest BCUT2D eigenvalue weighted by molar-refractivity contribution is 7.16. The van der Waals surface area contributed by atoms with Gasteiger partial charge in [0.2, 0.25) is 5.91 Å². The Bertz CT molecular complexity index is 522. The van der Waals surface area contributed by atoms with Gasteiger partial charge in [-0.1, -0.05) is 18.0 Å². The zero-order valence-electron chi connectivity index (χ0n) is 13.5. The number of thiophene rings is 1. The van der Waals surface area contributed by atoms with E-state index in [1.54, 1.807) is 11.3 Å². The molecule has 1 heterocycles. The molecule has 2 saturated carbocycles. The molecule has 3 nitrogen and oxygen atoms in total. The van der Waals surface area contributed by atoms with Crippen molar-refractivity contribution in [1.29, 1.82) is 0 Å². The topological polar surface area (TPSA) is 46.3 Å². The van der Waals surface area contributed by atoms with E-state index >= 15 is 0 Å². The van der Waals surface area contributed by atoms with Gasteiger partial charge in [0.25, 0.3) is 0 Å². The number of fused-ring (bicyclic) bond motifs is 2. The fraction of sp³-hybridized carbons (Fsp3) is 0.706. The largest absolute Gasteiger partial charge is 0.338 e. The van der Waals surface area contributed by atoms with E-state index in [-0.39, 0.29) is 18.3 Å². The zero-order chi connectivity index (χ0) is 15.7. The predicted molar refractivity (Wildman–Crippen MR) is 99.2 cm³/mol. The van der Waals surface area contributed by atoms with E-state index in [1.165, 1.54) is 19.3 Å². The number of halogens is 2. The number of hydrogen-bond donors (Lipinski definition) is 1. The quantitative estimate of drug-likeness (QED) is 0.849. The fourth-order valence-electron chi connectivity index (χ4n) is 4.22. The third-order valence-corrected chi connectivity index (χ3v) is 6.65. The van der Waals surface area contributed by atoms with Crippen LogP contribution in [0.5, 0.6) is 0 Å². The van der Waals surface area contributed by atoms with E-state index in [4.69, 9.17) is 17.3 Å². The number of amides is 1. The molecule has 0 radical (unpaired) electrons. The van der Waals surface area contributed by atoms with Gasteiger partial charge in [0.1, 0.15) is 0 Å². The second-order valence-electron chi connectivity index (χ2n) is 6.75. The average molecular weight is 377 g/mol. The summed E-state index contributed by atoms with van der Waals surface area (Å²) in [5.41, 5.74) is 6.34. The maximum Gasteiger partial charge on any atom is 0.226 e. The summed E-state index contributed by atoms with van der Waals surface area (Å²) in [5, 5.41) is 0. The number of nitrogens with zero attached hydrogens (tertiary/aromatic N) is 1. The van der Waals surface area contributed by atoms with Crippen molar-refractivity contribution in [3.63, 3.8) is 0 Å². The third kappa shape index (κ3) is 4.22. The van der Waals surface area contributed by atoms with Crippen molar-refractivity contribution in [2.24, 2.45) is 23.5 Å². The number of nitrogens with two attached hydrogens (primary N) is 1. The molecule has 23 heavy (non-hydrogen) atoms. The van der Waals surface area contributed by atoms with Crippen molar-refractivity contribution in [3.05, 3.63) is 21.3 Å². The van der Waals surface area contributed by atoms with E-state index < -0.39 is 0 Å². The summed E-state index contributed by atoms with van der Waals surface area (Å²) < 4.78 is 0.789. The van der Waals surface area contributed by atoms with E-state index in [1.807, 2.05) is 17.0 Å². The second-order valence-corrected chi connectivity index (χ2v) is 8.55. The molecule has 3 rings (SSSR count). The van der Waals surface area contributed by atoms with Gasteiger partial charge >= 0.3 is 0 Å². The van der Waals surface area contributed by atoms with Crippen LogP contribution in [0.2, 0.25) is 4.34 Å². The minimum atomic E-state index is 0. The van der Waals surface area contributed by atoms with Crippen LogP contribution in [0, 0.1) is 17.8 Å². The minimum Gasteiger partial charge on any atom is -0.338 e. The molecule has 2 bridgehead atoms. The first-order valence-electron chi connectivity index (χ1n) is 8.37. The lowest BCUT2D eigenvalue weighted by molar-refractivity contribution is -0.139. The lowest BCUT2D eigenvalue weighted by Crippen LogP contribution is -2.49. The Morgan fingerprint density at radius 3 is 2.52 bits per heavy atom. The Kier molecular flexibility index (Phi) is 6.78. The highest BCUT2D eigenvalue weighted by Crippen LogP contribution is 2.42. The normalized spacial score (nSPS) is 29.7. The number of rotatable bonds is 4. The van der Waals surface area contributed by atoms with Gasteiger partial charge in [-0.25, -0.2) is 0 Å². The second kappa shape index (κ2) is 8.19.